The Morgan fingerprint density at radius 3 is 2.41 bits per heavy atom. The standard InChI is InChI=1S/C17H27NO4/c1-13(2)14-5-6-15(19-3)17(16(14)20-4)22-12-9-18-7-10-21-11-8-18/h5-6,13H,7-12H2,1-4H3. The molecule has 0 spiro atoms. The van der Waals surface area contributed by atoms with Crippen molar-refractivity contribution in [3.8, 4) is 17.2 Å². The van der Waals surface area contributed by atoms with E-state index in [2.05, 4.69) is 18.7 Å². The second kappa shape index (κ2) is 8.25. The molecule has 1 aliphatic rings. The number of hydrogen-bond donors (Lipinski definition) is 0. The Balaban J connectivity index is 2.08. The minimum atomic E-state index is 0.363. The smallest absolute Gasteiger partial charge is 0.203 e. The van der Waals surface area contributed by atoms with Crippen LogP contribution < -0.4 is 14.2 Å². The molecule has 0 saturated carbocycles. The van der Waals surface area contributed by atoms with Crippen molar-refractivity contribution in [2.24, 2.45) is 0 Å². The topological polar surface area (TPSA) is 40.2 Å². The summed E-state index contributed by atoms with van der Waals surface area (Å²) in [5, 5.41) is 0. The molecule has 0 aromatic heterocycles. The lowest BCUT2D eigenvalue weighted by Gasteiger charge is -2.27. The number of morpholine rings is 1. The first-order valence-electron chi connectivity index (χ1n) is 7.85. The van der Waals surface area contributed by atoms with E-state index >= 15 is 0 Å². The summed E-state index contributed by atoms with van der Waals surface area (Å²) >= 11 is 0. The van der Waals surface area contributed by atoms with Gasteiger partial charge in [0.2, 0.25) is 5.75 Å². The summed E-state index contributed by atoms with van der Waals surface area (Å²) in [4.78, 5) is 2.34. The maximum atomic E-state index is 6.01. The molecule has 0 amide bonds. The normalized spacial score (nSPS) is 15.9. The molecule has 0 bridgehead atoms. The third kappa shape index (κ3) is 4.05. The van der Waals surface area contributed by atoms with E-state index in [0.29, 0.717) is 24.0 Å². The molecule has 22 heavy (non-hydrogen) atoms. The first-order valence-corrected chi connectivity index (χ1v) is 7.85. The molecule has 0 unspecified atom stereocenters. The summed E-state index contributed by atoms with van der Waals surface area (Å²) in [6.07, 6.45) is 0. The highest BCUT2D eigenvalue weighted by Gasteiger charge is 2.19. The van der Waals surface area contributed by atoms with Crippen molar-refractivity contribution in [2.45, 2.75) is 19.8 Å². The van der Waals surface area contributed by atoms with E-state index in [1.807, 2.05) is 12.1 Å². The van der Waals surface area contributed by atoms with Crippen LogP contribution in [0, 0.1) is 0 Å². The summed E-state index contributed by atoms with van der Waals surface area (Å²) in [6, 6.07) is 3.99. The number of ether oxygens (including phenoxy) is 4. The highest BCUT2D eigenvalue weighted by atomic mass is 16.5. The van der Waals surface area contributed by atoms with Gasteiger partial charge in [0.05, 0.1) is 27.4 Å². The van der Waals surface area contributed by atoms with E-state index < -0.39 is 0 Å². The molecule has 1 aliphatic heterocycles. The van der Waals surface area contributed by atoms with Crippen LogP contribution in [0.2, 0.25) is 0 Å². The molecule has 124 valence electrons. The van der Waals surface area contributed by atoms with Crippen molar-refractivity contribution < 1.29 is 18.9 Å². The lowest BCUT2D eigenvalue weighted by atomic mass is 10.0. The van der Waals surface area contributed by atoms with Gasteiger partial charge in [0.1, 0.15) is 6.61 Å². The van der Waals surface area contributed by atoms with Gasteiger partial charge in [0.15, 0.2) is 11.5 Å². The molecule has 1 heterocycles. The molecule has 1 aromatic rings. The van der Waals surface area contributed by atoms with Crippen LogP contribution in [0.5, 0.6) is 17.2 Å². The van der Waals surface area contributed by atoms with E-state index in [1.165, 1.54) is 0 Å². The van der Waals surface area contributed by atoms with Crippen molar-refractivity contribution in [3.05, 3.63) is 17.7 Å². The second-order valence-electron chi connectivity index (χ2n) is 5.68. The van der Waals surface area contributed by atoms with Gasteiger partial charge in [-0.3, -0.25) is 4.90 Å². The summed E-state index contributed by atoms with van der Waals surface area (Å²) in [5.41, 5.74) is 1.13. The van der Waals surface area contributed by atoms with Crippen molar-refractivity contribution in [2.75, 3.05) is 53.7 Å². The van der Waals surface area contributed by atoms with Gasteiger partial charge >= 0.3 is 0 Å². The largest absolute Gasteiger partial charge is 0.493 e. The zero-order valence-corrected chi connectivity index (χ0v) is 14.1. The van der Waals surface area contributed by atoms with Crippen LogP contribution in [0.1, 0.15) is 25.3 Å². The van der Waals surface area contributed by atoms with Crippen LogP contribution in [0.15, 0.2) is 12.1 Å². The van der Waals surface area contributed by atoms with Crippen molar-refractivity contribution in [1.29, 1.82) is 0 Å². The predicted octanol–water partition coefficient (Wildman–Crippen LogP) is 2.54. The van der Waals surface area contributed by atoms with Gasteiger partial charge in [0.25, 0.3) is 0 Å². The summed E-state index contributed by atoms with van der Waals surface area (Å²) in [7, 11) is 3.33. The lowest BCUT2D eigenvalue weighted by Crippen LogP contribution is -2.38. The van der Waals surface area contributed by atoms with Crippen molar-refractivity contribution in [1.82, 2.24) is 4.90 Å². The number of methoxy groups -OCH3 is 2. The minimum absolute atomic E-state index is 0.363. The maximum Gasteiger partial charge on any atom is 0.203 e. The van der Waals surface area contributed by atoms with E-state index in [9.17, 15) is 0 Å². The molecule has 2 rings (SSSR count). The summed E-state index contributed by atoms with van der Waals surface area (Å²) in [6.45, 7) is 9.29. The molecule has 0 radical (unpaired) electrons. The van der Waals surface area contributed by atoms with E-state index in [1.54, 1.807) is 14.2 Å². The fourth-order valence-electron chi connectivity index (χ4n) is 2.62. The maximum absolute atomic E-state index is 6.01. The second-order valence-corrected chi connectivity index (χ2v) is 5.68. The van der Waals surface area contributed by atoms with E-state index in [4.69, 9.17) is 18.9 Å². The Morgan fingerprint density at radius 1 is 1.09 bits per heavy atom. The van der Waals surface area contributed by atoms with E-state index in [0.717, 1.165) is 44.2 Å². The Hall–Kier alpha value is -1.46. The van der Waals surface area contributed by atoms with Gasteiger partial charge in [-0.1, -0.05) is 19.9 Å². The van der Waals surface area contributed by atoms with E-state index in [-0.39, 0.29) is 0 Å². The Labute approximate surface area is 133 Å². The van der Waals surface area contributed by atoms with Crippen LogP contribution in [-0.2, 0) is 4.74 Å². The molecule has 0 N–H and O–H groups in total. The van der Waals surface area contributed by atoms with Crippen LogP contribution in [0.25, 0.3) is 0 Å². The molecule has 5 heteroatoms. The van der Waals surface area contributed by atoms with Gasteiger partial charge in [-0.15, -0.1) is 0 Å². The molecule has 1 fully saturated rings. The molecule has 0 aliphatic carbocycles. The van der Waals surface area contributed by atoms with Crippen molar-refractivity contribution in [3.63, 3.8) is 0 Å². The Kier molecular flexibility index (Phi) is 6.34. The number of hydrogen-bond acceptors (Lipinski definition) is 5. The van der Waals surface area contributed by atoms with Gasteiger partial charge in [-0.2, -0.15) is 0 Å². The fourth-order valence-corrected chi connectivity index (χ4v) is 2.62. The van der Waals surface area contributed by atoms with Crippen LogP contribution in [0.4, 0.5) is 0 Å². The molecular weight excluding hydrogens is 282 g/mol. The fraction of sp³-hybridized carbons (Fsp3) is 0.647. The summed E-state index contributed by atoms with van der Waals surface area (Å²) < 4.78 is 22.4. The molecular formula is C17H27NO4. The number of nitrogens with zero attached hydrogens (tertiary/aromatic N) is 1. The highest BCUT2D eigenvalue weighted by Crippen LogP contribution is 2.42. The average Bonchev–Trinajstić information content (AvgIpc) is 2.55. The van der Waals surface area contributed by atoms with Gasteiger partial charge in [-0.05, 0) is 12.0 Å². The van der Waals surface area contributed by atoms with Crippen molar-refractivity contribution >= 4 is 0 Å². The number of rotatable bonds is 7. The first kappa shape index (κ1) is 16.9. The predicted molar refractivity (Wildman–Crippen MR) is 86.4 cm³/mol. The Morgan fingerprint density at radius 2 is 1.82 bits per heavy atom. The SMILES string of the molecule is COc1ccc(C(C)C)c(OC)c1OCCN1CCOCC1. The molecule has 1 aromatic carbocycles. The first-order chi connectivity index (χ1) is 10.7. The number of benzene rings is 1. The van der Waals surface area contributed by atoms with Gasteiger partial charge in [-0.25, -0.2) is 0 Å². The lowest BCUT2D eigenvalue weighted by molar-refractivity contribution is 0.0319. The zero-order valence-electron chi connectivity index (χ0n) is 14.1. The monoisotopic (exact) mass is 309 g/mol. The van der Waals surface area contributed by atoms with Crippen LogP contribution >= 0.6 is 0 Å². The average molecular weight is 309 g/mol. The Bertz CT molecular complexity index is 470. The molecule has 1 saturated heterocycles. The van der Waals surface area contributed by atoms with Crippen LogP contribution in [-0.4, -0.2) is 58.6 Å². The van der Waals surface area contributed by atoms with Gasteiger partial charge < -0.3 is 18.9 Å². The minimum Gasteiger partial charge on any atom is -0.493 e. The third-order valence-electron chi connectivity index (χ3n) is 3.91. The molecule has 0 atom stereocenters. The van der Waals surface area contributed by atoms with Crippen LogP contribution in [0.3, 0.4) is 0 Å². The highest BCUT2D eigenvalue weighted by molar-refractivity contribution is 5.56. The quantitative estimate of drug-likeness (QED) is 0.774. The third-order valence-corrected chi connectivity index (χ3v) is 3.91. The van der Waals surface area contributed by atoms with Gasteiger partial charge in [0, 0.05) is 25.2 Å². The summed E-state index contributed by atoms with van der Waals surface area (Å²) in [5.74, 6) is 2.55. The zero-order chi connectivity index (χ0) is 15.9. The molecule has 5 nitrogen and oxygen atoms in total.